The number of carbonyl (C=O) groups is 2. The van der Waals surface area contributed by atoms with Crippen LogP contribution in [-0.2, 0) is 4.79 Å². The van der Waals surface area contributed by atoms with Gasteiger partial charge in [0.25, 0.3) is 11.8 Å². The van der Waals surface area contributed by atoms with Gasteiger partial charge in [-0.2, -0.15) is 0 Å². The van der Waals surface area contributed by atoms with Crippen LogP contribution in [0.3, 0.4) is 0 Å². The zero-order valence-corrected chi connectivity index (χ0v) is 15.7. The molecule has 26 heavy (non-hydrogen) atoms. The molecule has 1 N–H and O–H groups in total. The summed E-state index contributed by atoms with van der Waals surface area (Å²) in [5, 5.41) is 2.67. The van der Waals surface area contributed by atoms with Crippen molar-refractivity contribution in [1.29, 1.82) is 0 Å². The van der Waals surface area contributed by atoms with Crippen molar-refractivity contribution in [1.82, 2.24) is 10.3 Å². The number of anilines is 1. The predicted octanol–water partition coefficient (Wildman–Crippen LogP) is 2.86. The molecular weight excluding hydrogens is 400 g/mol. The Labute approximate surface area is 158 Å². The normalized spacial score (nSPS) is 16.2. The van der Waals surface area contributed by atoms with Gasteiger partial charge in [-0.05, 0) is 46.6 Å². The Kier molecular flexibility index (Phi) is 4.91. The number of hydrogen-bond donors (Lipinski definition) is 1. The van der Waals surface area contributed by atoms with Crippen LogP contribution in [0, 0.1) is 13.5 Å². The second kappa shape index (κ2) is 7.14. The molecular formula is C18H15BrN4O3. The lowest BCUT2D eigenvalue weighted by Gasteiger charge is -2.20. The van der Waals surface area contributed by atoms with E-state index in [2.05, 4.69) is 31.1 Å². The predicted molar refractivity (Wildman–Crippen MR) is 99.5 cm³/mol. The van der Waals surface area contributed by atoms with Crippen LogP contribution in [0.5, 0.6) is 5.75 Å². The van der Waals surface area contributed by atoms with Gasteiger partial charge < -0.3 is 15.0 Å². The van der Waals surface area contributed by atoms with E-state index in [1.165, 1.54) is 4.90 Å². The van der Waals surface area contributed by atoms with E-state index in [0.717, 1.165) is 5.56 Å². The minimum absolute atomic E-state index is 0.0314. The molecule has 3 rings (SSSR count). The smallest absolute Gasteiger partial charge is 0.270 e. The van der Waals surface area contributed by atoms with Crippen molar-refractivity contribution in [3.8, 4) is 5.75 Å². The van der Waals surface area contributed by atoms with Gasteiger partial charge in [0.2, 0.25) is 0 Å². The summed E-state index contributed by atoms with van der Waals surface area (Å²) in [6.07, 6.45) is 0. The van der Waals surface area contributed by atoms with E-state index in [4.69, 9.17) is 11.3 Å². The number of aryl methyl sites for hydroxylation is 1. The van der Waals surface area contributed by atoms with Crippen molar-refractivity contribution < 1.29 is 14.3 Å². The van der Waals surface area contributed by atoms with Gasteiger partial charge in [-0.3, -0.25) is 9.59 Å². The Morgan fingerprint density at radius 2 is 2.19 bits per heavy atom. The second-order valence-corrected chi connectivity index (χ2v) is 6.55. The largest absolute Gasteiger partial charge is 0.490 e. The summed E-state index contributed by atoms with van der Waals surface area (Å²) in [5.41, 5.74) is 2.08. The number of rotatable bonds is 2. The zero-order chi connectivity index (χ0) is 18.8. The molecule has 1 aliphatic heterocycles. The molecule has 0 spiro atoms. The van der Waals surface area contributed by atoms with E-state index >= 15 is 0 Å². The fraction of sp³-hybridized carbons (Fsp3) is 0.222. The van der Waals surface area contributed by atoms with Gasteiger partial charge in [-0.15, -0.1) is 0 Å². The molecule has 1 atom stereocenters. The number of likely N-dealkylation sites (N-methyl/N-ethyl adjacent to an activating group) is 1. The minimum Gasteiger partial charge on any atom is -0.490 e. The maximum absolute atomic E-state index is 12.7. The van der Waals surface area contributed by atoms with Crippen molar-refractivity contribution in [2.75, 3.05) is 18.6 Å². The third-order valence-electron chi connectivity index (χ3n) is 4.04. The number of amides is 2. The van der Waals surface area contributed by atoms with Gasteiger partial charge in [0, 0.05) is 7.05 Å². The van der Waals surface area contributed by atoms with Crippen LogP contribution in [0.15, 0.2) is 34.9 Å². The molecule has 2 amide bonds. The highest BCUT2D eigenvalue weighted by Crippen LogP contribution is 2.34. The van der Waals surface area contributed by atoms with Gasteiger partial charge in [-0.1, -0.05) is 12.1 Å². The number of carbonyl (C=O) groups excluding carboxylic acids is 2. The van der Waals surface area contributed by atoms with E-state index in [1.807, 2.05) is 6.92 Å². The van der Waals surface area contributed by atoms with E-state index in [1.54, 1.807) is 37.4 Å². The van der Waals surface area contributed by atoms with E-state index in [0.29, 0.717) is 21.7 Å². The Hall–Kier alpha value is -2.92. The third kappa shape index (κ3) is 3.39. The number of pyridine rings is 1. The lowest BCUT2D eigenvalue weighted by molar-refractivity contribution is -0.120. The van der Waals surface area contributed by atoms with Gasteiger partial charge in [0.05, 0.1) is 12.3 Å². The fourth-order valence-corrected chi connectivity index (χ4v) is 2.85. The highest BCUT2D eigenvalue weighted by molar-refractivity contribution is 9.10. The summed E-state index contributed by atoms with van der Waals surface area (Å²) >= 11 is 3.29. The number of aromatic nitrogens is 1. The molecule has 2 heterocycles. The summed E-state index contributed by atoms with van der Waals surface area (Å²) in [5.74, 6) is -0.338. The van der Waals surface area contributed by atoms with Crippen molar-refractivity contribution in [2.24, 2.45) is 0 Å². The summed E-state index contributed by atoms with van der Waals surface area (Å²) in [6, 6.07) is 7.35. The minimum atomic E-state index is -0.863. The molecule has 2 aromatic rings. The number of nitrogens with one attached hydrogen (secondary N) is 1. The quantitative estimate of drug-likeness (QED) is 0.605. The molecule has 0 unspecified atom stereocenters. The first-order chi connectivity index (χ1) is 12.4. The lowest BCUT2D eigenvalue weighted by Crippen LogP contribution is -2.49. The van der Waals surface area contributed by atoms with Crippen molar-refractivity contribution in [2.45, 2.75) is 13.0 Å². The SMILES string of the molecule is [C-]#[N+]c1ccc2c(c1)OC[C@H](NC(=O)c1ccc(C)c(Br)n1)C(=O)N2C. The highest BCUT2D eigenvalue weighted by Gasteiger charge is 2.31. The number of ether oxygens (including phenoxy) is 1. The maximum Gasteiger partial charge on any atom is 0.270 e. The second-order valence-electron chi connectivity index (χ2n) is 5.80. The van der Waals surface area contributed by atoms with Crippen molar-refractivity contribution in [3.63, 3.8) is 0 Å². The molecule has 0 aliphatic carbocycles. The zero-order valence-electron chi connectivity index (χ0n) is 14.1. The van der Waals surface area contributed by atoms with Crippen molar-refractivity contribution >= 4 is 39.1 Å². The number of benzene rings is 1. The topological polar surface area (TPSA) is 75.9 Å². The number of halogens is 1. The summed E-state index contributed by atoms with van der Waals surface area (Å²) in [7, 11) is 1.60. The summed E-state index contributed by atoms with van der Waals surface area (Å²) < 4.78 is 6.25. The van der Waals surface area contributed by atoms with E-state index in [-0.39, 0.29) is 18.2 Å². The molecule has 8 heteroatoms. The first kappa shape index (κ1) is 17.9. The number of nitrogens with zero attached hydrogens (tertiary/aromatic N) is 3. The molecule has 0 saturated heterocycles. The van der Waals surface area contributed by atoms with Gasteiger partial charge in [0.15, 0.2) is 5.69 Å². The van der Waals surface area contributed by atoms with Crippen LogP contribution in [0.2, 0.25) is 0 Å². The Balaban J connectivity index is 1.82. The van der Waals surface area contributed by atoms with Crippen LogP contribution >= 0.6 is 15.9 Å². The highest BCUT2D eigenvalue weighted by atomic mass is 79.9. The van der Waals surface area contributed by atoms with Crippen molar-refractivity contribution in [3.05, 3.63) is 57.6 Å². The standard InChI is InChI=1S/C18H15BrN4O3/c1-10-4-6-12(21-16(10)19)17(24)22-13-9-26-15-8-11(20-2)5-7-14(15)23(3)18(13)25/h4-8,13H,9H2,1,3H3,(H,22,24)/t13-/m0/s1. The molecule has 0 radical (unpaired) electrons. The van der Waals surface area contributed by atoms with Crippen LogP contribution < -0.4 is 15.0 Å². The Morgan fingerprint density at radius 1 is 1.42 bits per heavy atom. The first-order valence-electron chi connectivity index (χ1n) is 7.76. The molecule has 0 saturated carbocycles. The summed E-state index contributed by atoms with van der Waals surface area (Å²) in [6.45, 7) is 8.92. The third-order valence-corrected chi connectivity index (χ3v) is 4.84. The van der Waals surface area contributed by atoms with Crippen LogP contribution in [-0.4, -0.2) is 36.5 Å². The maximum atomic E-state index is 12.7. The Bertz CT molecular complexity index is 939. The fourth-order valence-electron chi connectivity index (χ4n) is 2.53. The molecule has 1 aromatic heterocycles. The van der Waals surface area contributed by atoms with Crippen LogP contribution in [0.25, 0.3) is 4.85 Å². The summed E-state index contributed by atoms with van der Waals surface area (Å²) in [4.78, 5) is 34.1. The molecule has 132 valence electrons. The lowest BCUT2D eigenvalue weighted by atomic mass is 10.2. The van der Waals surface area contributed by atoms with Gasteiger partial charge >= 0.3 is 0 Å². The molecule has 0 bridgehead atoms. The van der Waals surface area contributed by atoms with Gasteiger partial charge in [0.1, 0.15) is 28.7 Å². The number of fused-ring (bicyclic) bond motifs is 1. The average Bonchev–Trinajstić information content (AvgIpc) is 2.75. The van der Waals surface area contributed by atoms with E-state index < -0.39 is 11.9 Å². The van der Waals surface area contributed by atoms with Gasteiger partial charge in [-0.25, -0.2) is 9.83 Å². The average molecular weight is 415 g/mol. The van der Waals surface area contributed by atoms with E-state index in [9.17, 15) is 9.59 Å². The molecule has 0 fully saturated rings. The molecule has 7 nitrogen and oxygen atoms in total. The first-order valence-corrected chi connectivity index (χ1v) is 8.56. The Morgan fingerprint density at radius 3 is 2.88 bits per heavy atom. The molecule has 1 aliphatic rings. The monoisotopic (exact) mass is 414 g/mol. The number of hydrogen-bond acceptors (Lipinski definition) is 4. The van der Waals surface area contributed by atoms with Crippen LogP contribution in [0.4, 0.5) is 11.4 Å². The molecule has 1 aromatic carbocycles. The van der Waals surface area contributed by atoms with Crippen LogP contribution in [0.1, 0.15) is 16.1 Å².